The Morgan fingerprint density at radius 1 is 1.29 bits per heavy atom. The Bertz CT molecular complexity index is 511. The Morgan fingerprint density at radius 3 is 2.57 bits per heavy atom. The number of benzene rings is 1. The Morgan fingerprint density at radius 2 is 2.00 bits per heavy atom. The third-order valence-corrected chi connectivity index (χ3v) is 2.95. The van der Waals surface area contributed by atoms with Gasteiger partial charge in [0.15, 0.2) is 11.5 Å². The second-order valence-electron chi connectivity index (χ2n) is 4.47. The van der Waals surface area contributed by atoms with Crippen molar-refractivity contribution < 1.29 is 14.3 Å². The third-order valence-electron chi connectivity index (χ3n) is 2.95. The summed E-state index contributed by atoms with van der Waals surface area (Å²) in [5.41, 5.74) is 0.815. The van der Waals surface area contributed by atoms with Gasteiger partial charge in [-0.25, -0.2) is 0 Å². The SMILES string of the molecule is COc1ccc(C(C#N)NCCCNC(C)=O)cc1OC. The minimum absolute atomic E-state index is 0.0493. The highest BCUT2D eigenvalue weighted by Crippen LogP contribution is 2.29. The van der Waals surface area contributed by atoms with Crippen molar-refractivity contribution in [2.24, 2.45) is 0 Å². The molecule has 0 saturated heterocycles. The average Bonchev–Trinajstić information content (AvgIpc) is 2.50. The zero-order chi connectivity index (χ0) is 15.7. The fourth-order valence-corrected chi connectivity index (χ4v) is 1.87. The molecule has 1 atom stereocenters. The van der Waals surface area contributed by atoms with Crippen LogP contribution in [0.2, 0.25) is 0 Å². The molecule has 1 rings (SSSR count). The van der Waals surface area contributed by atoms with Gasteiger partial charge in [0.1, 0.15) is 6.04 Å². The largest absolute Gasteiger partial charge is 0.493 e. The van der Waals surface area contributed by atoms with Crippen molar-refractivity contribution in [2.45, 2.75) is 19.4 Å². The number of nitriles is 1. The molecule has 0 heterocycles. The van der Waals surface area contributed by atoms with Gasteiger partial charge in [0, 0.05) is 13.5 Å². The summed E-state index contributed by atoms with van der Waals surface area (Å²) in [6.45, 7) is 2.70. The van der Waals surface area contributed by atoms with Gasteiger partial charge in [-0.2, -0.15) is 5.26 Å². The maximum atomic E-state index is 10.7. The molecule has 21 heavy (non-hydrogen) atoms. The highest BCUT2D eigenvalue weighted by molar-refractivity contribution is 5.72. The molecule has 0 spiro atoms. The lowest BCUT2D eigenvalue weighted by Gasteiger charge is -2.14. The van der Waals surface area contributed by atoms with E-state index >= 15 is 0 Å². The average molecular weight is 291 g/mol. The van der Waals surface area contributed by atoms with Gasteiger partial charge in [-0.3, -0.25) is 10.1 Å². The number of hydrogen-bond acceptors (Lipinski definition) is 5. The summed E-state index contributed by atoms with van der Waals surface area (Å²) in [5.74, 6) is 1.17. The van der Waals surface area contributed by atoms with Crippen LogP contribution in [-0.4, -0.2) is 33.2 Å². The predicted molar refractivity (Wildman–Crippen MR) is 79.2 cm³/mol. The molecule has 1 unspecified atom stereocenters. The van der Waals surface area contributed by atoms with Crippen LogP contribution < -0.4 is 20.1 Å². The molecule has 0 fully saturated rings. The van der Waals surface area contributed by atoms with Crippen LogP contribution in [0, 0.1) is 11.3 Å². The lowest BCUT2D eigenvalue weighted by Crippen LogP contribution is -2.27. The normalized spacial score (nSPS) is 11.3. The zero-order valence-electron chi connectivity index (χ0n) is 12.6. The van der Waals surface area contributed by atoms with Crippen molar-refractivity contribution >= 4 is 5.91 Å². The lowest BCUT2D eigenvalue weighted by molar-refractivity contribution is -0.118. The predicted octanol–water partition coefficient (Wildman–Crippen LogP) is 1.38. The maximum Gasteiger partial charge on any atom is 0.216 e. The number of carbonyl (C=O) groups excluding carboxylic acids is 1. The molecule has 0 aliphatic heterocycles. The van der Waals surface area contributed by atoms with E-state index in [0.717, 1.165) is 12.0 Å². The number of rotatable bonds is 8. The van der Waals surface area contributed by atoms with E-state index in [0.29, 0.717) is 24.6 Å². The fraction of sp³-hybridized carbons (Fsp3) is 0.467. The third kappa shape index (κ3) is 5.32. The standard InChI is InChI=1S/C15H21N3O3/c1-11(19)17-7-4-8-18-13(10-16)12-5-6-14(20-2)15(9-12)21-3/h5-6,9,13,18H,4,7-8H2,1-3H3,(H,17,19). The smallest absolute Gasteiger partial charge is 0.216 e. The van der Waals surface area contributed by atoms with Gasteiger partial charge in [0.05, 0.1) is 20.3 Å². The summed E-state index contributed by atoms with van der Waals surface area (Å²) in [7, 11) is 3.13. The second-order valence-corrected chi connectivity index (χ2v) is 4.47. The van der Waals surface area contributed by atoms with Crippen molar-refractivity contribution in [3.05, 3.63) is 23.8 Å². The fourth-order valence-electron chi connectivity index (χ4n) is 1.87. The Balaban J connectivity index is 2.60. The number of hydrogen-bond donors (Lipinski definition) is 2. The highest BCUT2D eigenvalue weighted by atomic mass is 16.5. The molecular weight excluding hydrogens is 270 g/mol. The van der Waals surface area contributed by atoms with Crippen molar-refractivity contribution in [2.75, 3.05) is 27.3 Å². The summed E-state index contributed by atoms with van der Waals surface area (Å²) >= 11 is 0. The first kappa shape index (κ1) is 16.8. The number of nitrogens with zero attached hydrogens (tertiary/aromatic N) is 1. The molecular formula is C15H21N3O3. The summed E-state index contributed by atoms with van der Waals surface area (Å²) in [6, 6.07) is 7.17. The first-order valence-electron chi connectivity index (χ1n) is 6.71. The first-order valence-corrected chi connectivity index (χ1v) is 6.71. The van der Waals surface area contributed by atoms with Crippen LogP contribution >= 0.6 is 0 Å². The van der Waals surface area contributed by atoms with Gasteiger partial charge in [0.25, 0.3) is 0 Å². The summed E-state index contributed by atoms with van der Waals surface area (Å²) < 4.78 is 10.4. The number of carbonyl (C=O) groups is 1. The summed E-state index contributed by atoms with van der Waals surface area (Å²) in [4.78, 5) is 10.7. The molecule has 0 saturated carbocycles. The minimum atomic E-state index is -0.429. The van der Waals surface area contributed by atoms with E-state index in [2.05, 4.69) is 16.7 Å². The second kappa shape index (κ2) is 8.82. The van der Waals surface area contributed by atoms with Gasteiger partial charge in [-0.05, 0) is 30.7 Å². The van der Waals surface area contributed by atoms with Gasteiger partial charge < -0.3 is 14.8 Å². The topological polar surface area (TPSA) is 83.4 Å². The monoisotopic (exact) mass is 291 g/mol. The number of ether oxygens (including phenoxy) is 2. The Kier molecular flexibility index (Phi) is 7.05. The number of amides is 1. The van der Waals surface area contributed by atoms with Crippen LogP contribution in [0.3, 0.4) is 0 Å². The van der Waals surface area contributed by atoms with E-state index in [-0.39, 0.29) is 5.91 Å². The first-order chi connectivity index (χ1) is 10.1. The Hall–Kier alpha value is -2.26. The summed E-state index contributed by atoms with van der Waals surface area (Å²) in [6.07, 6.45) is 0.755. The van der Waals surface area contributed by atoms with Gasteiger partial charge in [-0.1, -0.05) is 6.07 Å². The molecule has 6 nitrogen and oxygen atoms in total. The van der Waals surface area contributed by atoms with Crippen molar-refractivity contribution in [1.82, 2.24) is 10.6 Å². The summed E-state index contributed by atoms with van der Waals surface area (Å²) in [5, 5.41) is 15.1. The van der Waals surface area contributed by atoms with Gasteiger partial charge >= 0.3 is 0 Å². The Labute approximate surface area is 125 Å². The molecule has 0 bridgehead atoms. The van der Waals surface area contributed by atoms with E-state index in [9.17, 15) is 10.1 Å². The van der Waals surface area contributed by atoms with Crippen molar-refractivity contribution in [1.29, 1.82) is 5.26 Å². The minimum Gasteiger partial charge on any atom is -0.493 e. The quantitative estimate of drug-likeness (QED) is 0.707. The van der Waals surface area contributed by atoms with Crippen LogP contribution in [0.25, 0.3) is 0 Å². The van der Waals surface area contributed by atoms with Crippen molar-refractivity contribution in [3.63, 3.8) is 0 Å². The molecule has 0 radical (unpaired) electrons. The van der Waals surface area contributed by atoms with Gasteiger partial charge in [-0.15, -0.1) is 0 Å². The van der Waals surface area contributed by atoms with E-state index in [1.807, 2.05) is 6.07 Å². The van der Waals surface area contributed by atoms with Crippen LogP contribution in [0.5, 0.6) is 11.5 Å². The van der Waals surface area contributed by atoms with Crippen LogP contribution in [-0.2, 0) is 4.79 Å². The molecule has 114 valence electrons. The zero-order valence-corrected chi connectivity index (χ0v) is 12.6. The molecule has 1 aromatic rings. The van der Waals surface area contributed by atoms with E-state index in [1.54, 1.807) is 26.4 Å². The molecule has 1 aromatic carbocycles. The van der Waals surface area contributed by atoms with Gasteiger partial charge in [0.2, 0.25) is 5.91 Å². The van der Waals surface area contributed by atoms with Crippen molar-refractivity contribution in [3.8, 4) is 17.6 Å². The van der Waals surface area contributed by atoms with E-state index < -0.39 is 6.04 Å². The maximum absolute atomic E-state index is 10.7. The number of methoxy groups -OCH3 is 2. The van der Waals surface area contributed by atoms with Crippen LogP contribution in [0.15, 0.2) is 18.2 Å². The lowest BCUT2D eigenvalue weighted by atomic mass is 10.1. The van der Waals surface area contributed by atoms with E-state index in [1.165, 1.54) is 6.92 Å². The molecule has 2 N–H and O–H groups in total. The molecule has 0 aliphatic rings. The molecule has 6 heteroatoms. The molecule has 0 aliphatic carbocycles. The highest BCUT2D eigenvalue weighted by Gasteiger charge is 2.13. The van der Waals surface area contributed by atoms with Crippen LogP contribution in [0.1, 0.15) is 24.9 Å². The molecule has 0 aromatic heterocycles. The number of nitrogens with one attached hydrogen (secondary N) is 2. The van der Waals surface area contributed by atoms with Crippen LogP contribution in [0.4, 0.5) is 0 Å². The van der Waals surface area contributed by atoms with E-state index in [4.69, 9.17) is 9.47 Å². The molecule has 1 amide bonds.